The molecule has 0 saturated heterocycles. The quantitative estimate of drug-likeness (QED) is 0.794. The van der Waals surface area contributed by atoms with Gasteiger partial charge in [-0.3, -0.25) is 0 Å². The van der Waals surface area contributed by atoms with Crippen LogP contribution in [0.2, 0.25) is 5.02 Å². The van der Waals surface area contributed by atoms with Gasteiger partial charge in [0.2, 0.25) is 0 Å². The summed E-state index contributed by atoms with van der Waals surface area (Å²) >= 11 is 6.37. The molecule has 1 unspecified atom stereocenters. The maximum absolute atomic E-state index is 6.37. The van der Waals surface area contributed by atoms with Crippen LogP contribution in [0.1, 0.15) is 26.3 Å². The topological polar surface area (TPSA) is 24.5 Å². The molecule has 0 aliphatic rings. The second-order valence-electron chi connectivity index (χ2n) is 5.68. The van der Waals surface area contributed by atoms with Gasteiger partial charge in [0.15, 0.2) is 0 Å². The van der Waals surface area contributed by atoms with Crippen LogP contribution in [0.4, 0.5) is 5.69 Å². The Balaban J connectivity index is 2.86. The molecule has 1 aromatic rings. The van der Waals surface area contributed by atoms with Crippen molar-refractivity contribution in [3.8, 4) is 0 Å². The third-order valence-corrected chi connectivity index (χ3v) is 3.75. The average Bonchev–Trinajstić information content (AvgIpc) is 2.39. The van der Waals surface area contributed by atoms with Crippen molar-refractivity contribution in [1.82, 2.24) is 5.32 Å². The van der Waals surface area contributed by atoms with Crippen LogP contribution in [0.5, 0.6) is 0 Å². The zero-order valence-corrected chi connectivity index (χ0v) is 14.0. The first-order chi connectivity index (χ1) is 9.47. The lowest BCUT2D eigenvalue weighted by Crippen LogP contribution is -2.34. The largest absolute Gasteiger partial charge is 0.383 e. The molecule has 0 fully saturated rings. The molecular weight excluding hydrogens is 272 g/mol. The summed E-state index contributed by atoms with van der Waals surface area (Å²) in [6.45, 7) is 9.03. The smallest absolute Gasteiger partial charge is 0.0663 e. The lowest BCUT2D eigenvalue weighted by molar-refractivity contribution is 0.183. The predicted molar refractivity (Wildman–Crippen MR) is 87.7 cm³/mol. The number of hydrogen-bond acceptors (Lipinski definition) is 3. The highest BCUT2D eigenvalue weighted by Crippen LogP contribution is 2.28. The van der Waals surface area contributed by atoms with E-state index < -0.39 is 0 Å². The first-order valence-corrected chi connectivity index (χ1v) is 7.55. The van der Waals surface area contributed by atoms with Gasteiger partial charge in [-0.05, 0) is 31.5 Å². The minimum absolute atomic E-state index is 0.308. The van der Waals surface area contributed by atoms with Crippen LogP contribution < -0.4 is 10.2 Å². The van der Waals surface area contributed by atoms with Crippen molar-refractivity contribution >= 4 is 17.3 Å². The van der Waals surface area contributed by atoms with E-state index in [0.717, 1.165) is 23.7 Å². The van der Waals surface area contributed by atoms with Gasteiger partial charge < -0.3 is 15.0 Å². The van der Waals surface area contributed by atoms with Gasteiger partial charge in [0.1, 0.15) is 0 Å². The van der Waals surface area contributed by atoms with Crippen LogP contribution in [0, 0.1) is 5.92 Å². The maximum atomic E-state index is 6.37. The average molecular weight is 299 g/mol. The fourth-order valence-corrected chi connectivity index (χ4v) is 2.37. The molecular formula is C16H27ClN2O. The van der Waals surface area contributed by atoms with E-state index in [-0.39, 0.29) is 0 Å². The summed E-state index contributed by atoms with van der Waals surface area (Å²) in [5, 5.41) is 4.28. The highest BCUT2D eigenvalue weighted by molar-refractivity contribution is 6.31. The van der Waals surface area contributed by atoms with Gasteiger partial charge in [0.25, 0.3) is 0 Å². The Morgan fingerprint density at radius 2 is 2.00 bits per heavy atom. The van der Waals surface area contributed by atoms with E-state index in [1.54, 1.807) is 7.11 Å². The van der Waals surface area contributed by atoms with E-state index in [2.05, 4.69) is 44.1 Å². The molecule has 20 heavy (non-hydrogen) atoms. The van der Waals surface area contributed by atoms with Crippen LogP contribution in [-0.4, -0.2) is 33.4 Å². The van der Waals surface area contributed by atoms with Crippen molar-refractivity contribution in [3.05, 3.63) is 28.8 Å². The molecule has 0 bridgehead atoms. The number of anilines is 1. The van der Waals surface area contributed by atoms with E-state index >= 15 is 0 Å². The van der Waals surface area contributed by atoms with Crippen LogP contribution >= 0.6 is 11.6 Å². The molecule has 0 aliphatic heterocycles. The Morgan fingerprint density at radius 3 is 2.60 bits per heavy atom. The van der Waals surface area contributed by atoms with Crippen molar-refractivity contribution < 1.29 is 4.74 Å². The number of hydrogen-bond donors (Lipinski definition) is 1. The van der Waals surface area contributed by atoms with E-state index in [4.69, 9.17) is 16.3 Å². The monoisotopic (exact) mass is 298 g/mol. The molecule has 0 heterocycles. The van der Waals surface area contributed by atoms with Crippen molar-refractivity contribution in [2.45, 2.75) is 33.4 Å². The molecule has 0 aromatic heterocycles. The van der Waals surface area contributed by atoms with Gasteiger partial charge in [0.05, 0.1) is 6.61 Å². The maximum Gasteiger partial charge on any atom is 0.0663 e. The molecule has 1 aromatic carbocycles. The highest BCUT2D eigenvalue weighted by Gasteiger charge is 2.15. The minimum atomic E-state index is 0.308. The highest BCUT2D eigenvalue weighted by atomic mass is 35.5. The molecule has 0 saturated carbocycles. The summed E-state index contributed by atoms with van der Waals surface area (Å²) in [6, 6.07) is 6.37. The van der Waals surface area contributed by atoms with E-state index in [0.29, 0.717) is 18.6 Å². The molecule has 1 N–H and O–H groups in total. The second kappa shape index (κ2) is 8.50. The summed E-state index contributed by atoms with van der Waals surface area (Å²) in [7, 11) is 3.81. The van der Waals surface area contributed by atoms with Gasteiger partial charge in [0, 0.05) is 43.0 Å². The number of nitrogens with one attached hydrogen (secondary N) is 1. The fourth-order valence-electron chi connectivity index (χ4n) is 2.13. The van der Waals surface area contributed by atoms with Gasteiger partial charge in [-0.2, -0.15) is 0 Å². The minimum Gasteiger partial charge on any atom is -0.383 e. The number of methoxy groups -OCH3 is 1. The number of rotatable bonds is 8. The molecule has 0 aliphatic carbocycles. The van der Waals surface area contributed by atoms with Gasteiger partial charge in [-0.15, -0.1) is 0 Å². The number of benzene rings is 1. The third kappa shape index (κ3) is 4.97. The lowest BCUT2D eigenvalue weighted by atomic mass is 10.1. The van der Waals surface area contributed by atoms with Crippen LogP contribution in [0.3, 0.4) is 0 Å². The molecule has 4 heteroatoms. The Kier molecular flexibility index (Phi) is 7.35. The molecule has 1 atom stereocenters. The van der Waals surface area contributed by atoms with Gasteiger partial charge in [-0.25, -0.2) is 0 Å². The van der Waals surface area contributed by atoms with Gasteiger partial charge >= 0.3 is 0 Å². The summed E-state index contributed by atoms with van der Waals surface area (Å²) in [4.78, 5) is 2.22. The third-order valence-electron chi connectivity index (χ3n) is 3.40. The zero-order chi connectivity index (χ0) is 15.1. The summed E-state index contributed by atoms with van der Waals surface area (Å²) in [5.74, 6) is 0.631. The van der Waals surface area contributed by atoms with Crippen LogP contribution in [-0.2, 0) is 11.3 Å². The van der Waals surface area contributed by atoms with Gasteiger partial charge in [-0.1, -0.05) is 31.5 Å². The van der Waals surface area contributed by atoms with E-state index in [1.165, 1.54) is 5.69 Å². The molecule has 0 amide bonds. The van der Waals surface area contributed by atoms with Crippen LogP contribution in [0.25, 0.3) is 0 Å². The van der Waals surface area contributed by atoms with Crippen LogP contribution in [0.15, 0.2) is 18.2 Å². The summed E-state index contributed by atoms with van der Waals surface area (Å²) in [5.41, 5.74) is 2.32. The lowest BCUT2D eigenvalue weighted by Gasteiger charge is -2.29. The Bertz CT molecular complexity index is 409. The van der Waals surface area contributed by atoms with E-state index in [1.807, 2.05) is 12.1 Å². The van der Waals surface area contributed by atoms with Crippen molar-refractivity contribution in [2.24, 2.45) is 5.92 Å². The standard InChI is InChI=1S/C16H27ClN2O/c1-12(2)9-18-10-14-15(17)7-6-8-16(14)19(4)13(3)11-20-5/h6-8,12-13,18H,9-11H2,1-5H3. The number of ether oxygens (including phenoxy) is 1. The summed E-state index contributed by atoms with van der Waals surface area (Å²) in [6.07, 6.45) is 0. The predicted octanol–water partition coefficient (Wildman–Crippen LogP) is 3.56. The Morgan fingerprint density at radius 1 is 1.30 bits per heavy atom. The number of nitrogens with zero attached hydrogens (tertiary/aromatic N) is 1. The first-order valence-electron chi connectivity index (χ1n) is 7.17. The molecule has 3 nitrogen and oxygen atoms in total. The van der Waals surface area contributed by atoms with Crippen molar-refractivity contribution in [3.63, 3.8) is 0 Å². The molecule has 0 radical (unpaired) electrons. The Labute approximate surface area is 128 Å². The van der Waals surface area contributed by atoms with Crippen molar-refractivity contribution in [1.29, 1.82) is 0 Å². The molecule has 1 rings (SSSR count). The SMILES string of the molecule is COCC(C)N(C)c1cccc(Cl)c1CNCC(C)C. The Hall–Kier alpha value is -0.770. The normalized spacial score (nSPS) is 12.8. The first kappa shape index (κ1) is 17.3. The fraction of sp³-hybridized carbons (Fsp3) is 0.625. The number of halogens is 1. The molecule has 114 valence electrons. The molecule has 0 spiro atoms. The number of likely N-dealkylation sites (N-methyl/N-ethyl adjacent to an activating group) is 1. The zero-order valence-electron chi connectivity index (χ0n) is 13.2. The summed E-state index contributed by atoms with van der Waals surface area (Å²) < 4.78 is 5.24. The second-order valence-corrected chi connectivity index (χ2v) is 6.08. The van der Waals surface area contributed by atoms with E-state index in [9.17, 15) is 0 Å². The van der Waals surface area contributed by atoms with Crippen molar-refractivity contribution in [2.75, 3.05) is 32.2 Å².